The number of Topliss-reactive ketones (excluding diaryl/α,β-unsaturated/α-hetero) is 1. The summed E-state index contributed by atoms with van der Waals surface area (Å²) in [5, 5.41) is 0. The van der Waals surface area contributed by atoms with Gasteiger partial charge in [0, 0.05) is 19.0 Å². The summed E-state index contributed by atoms with van der Waals surface area (Å²) in [5.74, 6) is 0.369. The molecule has 0 spiro atoms. The summed E-state index contributed by atoms with van der Waals surface area (Å²) < 4.78 is 0. The number of carbonyl (C=O) groups is 1. The molecule has 0 aliphatic carbocycles. The molecule has 0 bridgehead atoms. The van der Waals surface area contributed by atoms with Crippen LogP contribution in [0.4, 0.5) is 0 Å². The lowest BCUT2D eigenvalue weighted by atomic mass is 10.2. The monoisotopic (exact) mass is 189 g/mol. The average molecular weight is 189 g/mol. The van der Waals surface area contributed by atoms with Gasteiger partial charge in [-0.1, -0.05) is 30.3 Å². The van der Waals surface area contributed by atoms with Crippen molar-refractivity contribution in [3.8, 4) is 0 Å². The minimum absolute atomic E-state index is 0.369. The first-order chi connectivity index (χ1) is 6.75. The highest BCUT2D eigenvalue weighted by Crippen LogP contribution is 2.16. The van der Waals surface area contributed by atoms with E-state index in [9.17, 15) is 4.79 Å². The van der Waals surface area contributed by atoms with Gasteiger partial charge >= 0.3 is 0 Å². The number of nitrogens with zero attached hydrogens (tertiary/aromatic N) is 1. The minimum Gasteiger partial charge on any atom is -0.298 e. The van der Waals surface area contributed by atoms with Crippen molar-refractivity contribution in [2.24, 2.45) is 0 Å². The van der Waals surface area contributed by atoms with E-state index in [-0.39, 0.29) is 0 Å². The largest absolute Gasteiger partial charge is 0.298 e. The molecular formula is C12H15NO. The molecule has 2 heteroatoms. The van der Waals surface area contributed by atoms with Crippen molar-refractivity contribution in [2.45, 2.75) is 25.9 Å². The van der Waals surface area contributed by atoms with E-state index in [1.165, 1.54) is 5.56 Å². The lowest BCUT2D eigenvalue weighted by Crippen LogP contribution is -2.26. The summed E-state index contributed by atoms with van der Waals surface area (Å²) in [7, 11) is 0. The second-order valence-corrected chi connectivity index (χ2v) is 3.98. The van der Waals surface area contributed by atoms with Crippen molar-refractivity contribution in [1.29, 1.82) is 0 Å². The summed E-state index contributed by atoms with van der Waals surface area (Å²) in [6.07, 6.45) is 0.715. The molecule has 1 aromatic rings. The molecule has 0 aromatic heterocycles. The number of ketones is 1. The predicted molar refractivity (Wildman–Crippen MR) is 55.9 cm³/mol. The second kappa shape index (κ2) is 3.93. The van der Waals surface area contributed by atoms with Gasteiger partial charge in [0.15, 0.2) is 0 Å². The Morgan fingerprint density at radius 3 is 2.64 bits per heavy atom. The molecule has 0 amide bonds. The van der Waals surface area contributed by atoms with Crippen LogP contribution in [-0.2, 0) is 11.3 Å². The molecule has 0 N–H and O–H groups in total. The predicted octanol–water partition coefficient (Wildman–Crippen LogP) is 1.85. The fraction of sp³-hybridized carbons (Fsp3) is 0.417. The average Bonchev–Trinajstić information content (AvgIpc) is 2.47. The first-order valence-corrected chi connectivity index (χ1v) is 5.05. The molecule has 74 valence electrons. The van der Waals surface area contributed by atoms with Gasteiger partial charge in [-0.2, -0.15) is 0 Å². The molecule has 2 rings (SSSR count). The maximum absolute atomic E-state index is 11.2. The maximum Gasteiger partial charge on any atom is 0.148 e. The molecule has 0 saturated carbocycles. The third-order valence-corrected chi connectivity index (χ3v) is 2.75. The van der Waals surface area contributed by atoms with Crippen LogP contribution in [0.3, 0.4) is 0 Å². The molecule has 1 aromatic carbocycles. The number of likely N-dealkylation sites (tertiary alicyclic amines) is 1. The van der Waals surface area contributed by atoms with E-state index >= 15 is 0 Å². The molecule has 1 saturated heterocycles. The van der Waals surface area contributed by atoms with E-state index in [0.29, 0.717) is 24.8 Å². The maximum atomic E-state index is 11.2. The van der Waals surface area contributed by atoms with Crippen molar-refractivity contribution in [2.75, 3.05) is 6.54 Å². The summed E-state index contributed by atoms with van der Waals surface area (Å²) in [4.78, 5) is 13.4. The Balaban J connectivity index is 2.02. The summed E-state index contributed by atoms with van der Waals surface area (Å²) >= 11 is 0. The van der Waals surface area contributed by atoms with Crippen molar-refractivity contribution in [1.82, 2.24) is 4.90 Å². The Labute approximate surface area is 84.5 Å². The molecule has 1 atom stereocenters. The van der Waals surface area contributed by atoms with Gasteiger partial charge in [0.05, 0.1) is 6.54 Å². The lowest BCUT2D eigenvalue weighted by molar-refractivity contribution is -0.116. The zero-order chi connectivity index (χ0) is 9.97. The smallest absolute Gasteiger partial charge is 0.148 e. The molecule has 1 heterocycles. The Morgan fingerprint density at radius 1 is 1.36 bits per heavy atom. The van der Waals surface area contributed by atoms with Gasteiger partial charge in [0.2, 0.25) is 0 Å². The molecule has 1 aliphatic rings. The van der Waals surface area contributed by atoms with Crippen LogP contribution in [0.1, 0.15) is 18.9 Å². The topological polar surface area (TPSA) is 20.3 Å². The fourth-order valence-corrected chi connectivity index (χ4v) is 1.94. The van der Waals surface area contributed by atoms with Crippen LogP contribution in [0.25, 0.3) is 0 Å². The van der Waals surface area contributed by atoms with Crippen LogP contribution in [0.15, 0.2) is 30.3 Å². The zero-order valence-electron chi connectivity index (χ0n) is 8.44. The normalized spacial score (nSPS) is 22.9. The van der Waals surface area contributed by atoms with E-state index in [2.05, 4.69) is 24.0 Å². The van der Waals surface area contributed by atoms with Crippen LogP contribution in [-0.4, -0.2) is 23.3 Å². The molecule has 0 radical (unpaired) electrons. The molecule has 14 heavy (non-hydrogen) atoms. The van der Waals surface area contributed by atoms with E-state index in [1.807, 2.05) is 18.2 Å². The summed E-state index contributed by atoms with van der Waals surface area (Å²) in [6.45, 7) is 3.64. The van der Waals surface area contributed by atoms with E-state index in [0.717, 1.165) is 6.54 Å². The van der Waals surface area contributed by atoms with Gasteiger partial charge < -0.3 is 0 Å². The van der Waals surface area contributed by atoms with E-state index in [1.54, 1.807) is 0 Å². The Bertz CT molecular complexity index is 320. The molecular weight excluding hydrogens is 174 g/mol. The number of benzene rings is 1. The SMILES string of the molecule is C[C@@H]1CC(=O)CN1Cc1ccccc1. The summed E-state index contributed by atoms with van der Waals surface area (Å²) in [5.41, 5.74) is 1.29. The van der Waals surface area contributed by atoms with Gasteiger partial charge in [-0.25, -0.2) is 0 Å². The van der Waals surface area contributed by atoms with Gasteiger partial charge in [-0.3, -0.25) is 9.69 Å². The second-order valence-electron chi connectivity index (χ2n) is 3.98. The van der Waals surface area contributed by atoms with Crippen molar-refractivity contribution >= 4 is 5.78 Å². The van der Waals surface area contributed by atoms with Gasteiger partial charge in [0.25, 0.3) is 0 Å². The first-order valence-electron chi connectivity index (χ1n) is 5.05. The quantitative estimate of drug-likeness (QED) is 0.707. The van der Waals surface area contributed by atoms with Crippen molar-refractivity contribution in [3.05, 3.63) is 35.9 Å². The first kappa shape index (κ1) is 9.41. The Morgan fingerprint density at radius 2 is 2.07 bits per heavy atom. The molecule has 1 fully saturated rings. The molecule has 1 aliphatic heterocycles. The van der Waals surface area contributed by atoms with Crippen molar-refractivity contribution in [3.63, 3.8) is 0 Å². The van der Waals surface area contributed by atoms with E-state index in [4.69, 9.17) is 0 Å². The minimum atomic E-state index is 0.369. The Kier molecular flexibility index (Phi) is 2.64. The lowest BCUT2D eigenvalue weighted by Gasteiger charge is -2.19. The molecule has 2 nitrogen and oxygen atoms in total. The van der Waals surface area contributed by atoms with Crippen LogP contribution in [0.5, 0.6) is 0 Å². The highest BCUT2D eigenvalue weighted by Gasteiger charge is 2.26. The van der Waals surface area contributed by atoms with Gasteiger partial charge in [-0.15, -0.1) is 0 Å². The van der Waals surface area contributed by atoms with Gasteiger partial charge in [0.1, 0.15) is 5.78 Å². The third kappa shape index (κ3) is 2.02. The number of rotatable bonds is 2. The highest BCUT2D eigenvalue weighted by atomic mass is 16.1. The number of carbonyl (C=O) groups excluding carboxylic acids is 1. The Hall–Kier alpha value is -1.15. The zero-order valence-corrected chi connectivity index (χ0v) is 8.44. The van der Waals surface area contributed by atoms with Crippen LogP contribution >= 0.6 is 0 Å². The van der Waals surface area contributed by atoms with Crippen LogP contribution in [0, 0.1) is 0 Å². The van der Waals surface area contributed by atoms with Gasteiger partial charge in [-0.05, 0) is 12.5 Å². The van der Waals surface area contributed by atoms with E-state index < -0.39 is 0 Å². The van der Waals surface area contributed by atoms with Crippen LogP contribution < -0.4 is 0 Å². The molecule has 0 unspecified atom stereocenters. The number of hydrogen-bond donors (Lipinski definition) is 0. The summed E-state index contributed by atoms with van der Waals surface area (Å²) in [6, 6.07) is 10.7. The highest BCUT2D eigenvalue weighted by molar-refractivity contribution is 5.83. The third-order valence-electron chi connectivity index (χ3n) is 2.75. The standard InChI is InChI=1S/C12H15NO/c1-10-7-12(14)9-13(10)8-11-5-3-2-4-6-11/h2-6,10H,7-9H2,1H3/t10-/m1/s1. The van der Waals surface area contributed by atoms with Crippen LogP contribution in [0.2, 0.25) is 0 Å². The fourth-order valence-electron chi connectivity index (χ4n) is 1.94. The van der Waals surface area contributed by atoms with Crippen molar-refractivity contribution < 1.29 is 4.79 Å². The number of hydrogen-bond acceptors (Lipinski definition) is 2.